The fraction of sp³-hybridized carbons (Fsp3) is 0.682. The molecule has 0 spiro atoms. The van der Waals surface area contributed by atoms with Gasteiger partial charge in [0.15, 0.2) is 5.54 Å². The van der Waals surface area contributed by atoms with Gasteiger partial charge in [0.2, 0.25) is 17.6 Å². The third-order valence-electron chi connectivity index (χ3n) is 5.35. The van der Waals surface area contributed by atoms with E-state index in [1.807, 2.05) is 47.6 Å². The van der Waals surface area contributed by atoms with Crippen LogP contribution >= 0.6 is 0 Å². The van der Waals surface area contributed by atoms with Crippen molar-refractivity contribution in [1.29, 1.82) is 5.26 Å². The molecule has 1 aliphatic rings. The number of nitriles is 1. The van der Waals surface area contributed by atoms with Crippen LogP contribution in [-0.2, 0) is 15.0 Å². The molecule has 5 N–H and O–H groups in total. The topological polar surface area (TPSA) is 154 Å². The minimum absolute atomic E-state index is 0.0661. The van der Waals surface area contributed by atoms with E-state index < -0.39 is 28.7 Å². The van der Waals surface area contributed by atoms with Gasteiger partial charge >= 0.3 is 0 Å². The average molecular weight is 431 g/mol. The number of carbonyl (C=O) groups is 3. The lowest BCUT2D eigenvalue weighted by Crippen LogP contribution is -2.62. The SMILES string of the molecule is CC(C)(C)C[C@](N)(C(=O)N[C@H](C#N)C[C@@H]1CCNC1=O)C(=O)c1cc(C(C)(C)C)n[nH]1. The maximum Gasteiger partial charge on any atom is 0.249 e. The van der Waals surface area contributed by atoms with Crippen LogP contribution in [0.25, 0.3) is 0 Å². The molecule has 2 heterocycles. The fourth-order valence-corrected chi connectivity index (χ4v) is 3.75. The first-order valence-electron chi connectivity index (χ1n) is 10.6. The number of carbonyl (C=O) groups excluding carboxylic acids is 3. The molecular weight excluding hydrogens is 396 g/mol. The first-order chi connectivity index (χ1) is 14.2. The van der Waals surface area contributed by atoms with Crippen molar-refractivity contribution in [2.45, 2.75) is 77.8 Å². The lowest BCUT2D eigenvalue weighted by molar-refractivity contribution is -0.127. The van der Waals surface area contributed by atoms with Gasteiger partial charge in [-0.05, 0) is 30.7 Å². The minimum atomic E-state index is -1.90. The van der Waals surface area contributed by atoms with Crippen molar-refractivity contribution in [3.8, 4) is 6.07 Å². The van der Waals surface area contributed by atoms with E-state index in [0.29, 0.717) is 18.7 Å². The zero-order valence-corrected chi connectivity index (χ0v) is 19.3. The Morgan fingerprint density at radius 1 is 1.32 bits per heavy atom. The van der Waals surface area contributed by atoms with Gasteiger partial charge in [-0.2, -0.15) is 10.4 Å². The molecule has 170 valence electrons. The van der Waals surface area contributed by atoms with Crippen molar-refractivity contribution in [2.24, 2.45) is 17.1 Å². The number of Topliss-reactive ketones (excluding diaryl/α,β-unsaturated/α-hetero) is 1. The second-order valence-corrected chi connectivity index (χ2v) is 10.6. The van der Waals surface area contributed by atoms with Gasteiger partial charge < -0.3 is 16.4 Å². The number of aromatic nitrogens is 2. The number of nitrogens with one attached hydrogen (secondary N) is 3. The molecule has 0 unspecified atom stereocenters. The van der Waals surface area contributed by atoms with Crippen LogP contribution in [0, 0.1) is 22.7 Å². The monoisotopic (exact) mass is 430 g/mol. The predicted molar refractivity (Wildman–Crippen MR) is 116 cm³/mol. The van der Waals surface area contributed by atoms with Crippen LogP contribution in [-0.4, -0.2) is 45.9 Å². The molecule has 1 aromatic rings. The first-order valence-corrected chi connectivity index (χ1v) is 10.6. The standard InChI is InChI=1S/C22H34N6O3/c1-20(2,3)12-22(24,17(29)15-10-16(28-27-15)21(4,5)6)19(31)26-14(11-23)9-13-7-8-25-18(13)30/h10,13-14H,7-9,12,24H2,1-6H3,(H,25,30)(H,26,31)(H,27,28)/t13-,14-,22+/m0/s1. The summed E-state index contributed by atoms with van der Waals surface area (Å²) in [6.07, 6.45) is 0.841. The van der Waals surface area contributed by atoms with E-state index in [-0.39, 0.29) is 35.8 Å². The molecule has 0 aromatic carbocycles. The van der Waals surface area contributed by atoms with Gasteiger partial charge in [0.25, 0.3) is 0 Å². The average Bonchev–Trinajstić information content (AvgIpc) is 3.28. The molecule has 2 rings (SSSR count). The highest BCUT2D eigenvalue weighted by atomic mass is 16.2. The molecule has 1 aliphatic heterocycles. The summed E-state index contributed by atoms with van der Waals surface area (Å²) in [7, 11) is 0. The molecule has 1 saturated heterocycles. The lowest BCUT2D eigenvalue weighted by Gasteiger charge is -2.33. The molecule has 2 amide bonds. The van der Waals surface area contributed by atoms with Crippen LogP contribution in [0.5, 0.6) is 0 Å². The molecule has 9 nitrogen and oxygen atoms in total. The maximum absolute atomic E-state index is 13.4. The third kappa shape index (κ3) is 5.91. The number of rotatable bonds is 7. The van der Waals surface area contributed by atoms with Crippen molar-refractivity contribution < 1.29 is 14.4 Å². The summed E-state index contributed by atoms with van der Waals surface area (Å²) in [6.45, 7) is 12.1. The van der Waals surface area contributed by atoms with Gasteiger partial charge in [0.1, 0.15) is 11.7 Å². The third-order valence-corrected chi connectivity index (χ3v) is 5.35. The zero-order chi connectivity index (χ0) is 23.6. The Kier molecular flexibility index (Phi) is 6.96. The molecule has 0 radical (unpaired) electrons. The molecule has 3 atom stereocenters. The minimum Gasteiger partial charge on any atom is -0.356 e. The number of hydrogen-bond acceptors (Lipinski definition) is 6. The molecule has 1 aromatic heterocycles. The van der Waals surface area contributed by atoms with E-state index in [1.54, 1.807) is 6.07 Å². The van der Waals surface area contributed by atoms with Crippen molar-refractivity contribution in [3.05, 3.63) is 17.5 Å². The van der Waals surface area contributed by atoms with Crippen molar-refractivity contribution in [1.82, 2.24) is 20.8 Å². The second kappa shape index (κ2) is 8.79. The molecule has 9 heteroatoms. The van der Waals surface area contributed by atoms with Gasteiger partial charge in [0, 0.05) is 17.9 Å². The number of ketones is 1. The summed E-state index contributed by atoms with van der Waals surface area (Å²) in [4.78, 5) is 38.5. The highest BCUT2D eigenvalue weighted by molar-refractivity contribution is 6.17. The van der Waals surface area contributed by atoms with Crippen molar-refractivity contribution in [2.75, 3.05) is 6.54 Å². The smallest absolute Gasteiger partial charge is 0.249 e. The van der Waals surface area contributed by atoms with Crippen LogP contribution < -0.4 is 16.4 Å². The van der Waals surface area contributed by atoms with Gasteiger partial charge in [-0.25, -0.2) is 0 Å². The highest BCUT2D eigenvalue weighted by Crippen LogP contribution is 2.30. The Balaban J connectivity index is 2.29. The molecule has 0 bridgehead atoms. The number of amides is 2. The Hall–Kier alpha value is -2.73. The van der Waals surface area contributed by atoms with Crippen LogP contribution in [0.4, 0.5) is 0 Å². The van der Waals surface area contributed by atoms with E-state index >= 15 is 0 Å². The molecule has 1 fully saturated rings. The van der Waals surface area contributed by atoms with E-state index in [4.69, 9.17) is 5.73 Å². The van der Waals surface area contributed by atoms with Crippen molar-refractivity contribution in [3.63, 3.8) is 0 Å². The summed E-state index contributed by atoms with van der Waals surface area (Å²) in [5, 5.41) is 21.8. The number of aromatic amines is 1. The summed E-state index contributed by atoms with van der Waals surface area (Å²) < 4.78 is 0. The normalized spacial score (nSPS) is 19.8. The summed E-state index contributed by atoms with van der Waals surface area (Å²) in [6, 6.07) is 2.71. The second-order valence-electron chi connectivity index (χ2n) is 10.6. The first kappa shape index (κ1) is 24.5. The maximum atomic E-state index is 13.4. The van der Waals surface area contributed by atoms with E-state index in [1.165, 1.54) is 0 Å². The Morgan fingerprint density at radius 2 is 1.97 bits per heavy atom. The Morgan fingerprint density at radius 3 is 2.42 bits per heavy atom. The molecule has 0 saturated carbocycles. The van der Waals surface area contributed by atoms with Crippen LogP contribution in [0.3, 0.4) is 0 Å². The number of hydrogen-bond donors (Lipinski definition) is 4. The molecule has 0 aliphatic carbocycles. The predicted octanol–water partition coefficient (Wildman–Crippen LogP) is 1.56. The van der Waals surface area contributed by atoms with E-state index in [9.17, 15) is 19.6 Å². The fourth-order valence-electron chi connectivity index (χ4n) is 3.75. The summed E-state index contributed by atoms with van der Waals surface area (Å²) >= 11 is 0. The van der Waals surface area contributed by atoms with Gasteiger partial charge in [-0.15, -0.1) is 0 Å². The van der Waals surface area contributed by atoms with Crippen LogP contribution in [0.1, 0.15) is 77.0 Å². The largest absolute Gasteiger partial charge is 0.356 e. The van der Waals surface area contributed by atoms with Gasteiger partial charge in [0.05, 0.1) is 11.8 Å². The Bertz CT molecular complexity index is 886. The van der Waals surface area contributed by atoms with Crippen LogP contribution in [0.2, 0.25) is 0 Å². The van der Waals surface area contributed by atoms with Gasteiger partial charge in [-0.3, -0.25) is 19.5 Å². The zero-order valence-electron chi connectivity index (χ0n) is 19.3. The number of nitrogens with two attached hydrogens (primary N) is 1. The summed E-state index contributed by atoms with van der Waals surface area (Å²) in [5.74, 6) is -1.80. The van der Waals surface area contributed by atoms with Crippen molar-refractivity contribution >= 4 is 17.6 Å². The van der Waals surface area contributed by atoms with E-state index in [2.05, 4.69) is 20.8 Å². The molecule has 31 heavy (non-hydrogen) atoms. The number of nitrogens with zero attached hydrogens (tertiary/aromatic N) is 2. The van der Waals surface area contributed by atoms with Gasteiger partial charge in [-0.1, -0.05) is 41.5 Å². The highest BCUT2D eigenvalue weighted by Gasteiger charge is 2.47. The number of H-pyrrole nitrogens is 1. The molecular formula is C22H34N6O3. The summed E-state index contributed by atoms with van der Waals surface area (Å²) in [5.41, 5.74) is 4.66. The Labute approximate surface area is 183 Å². The van der Waals surface area contributed by atoms with Crippen LogP contribution in [0.15, 0.2) is 6.07 Å². The quantitative estimate of drug-likeness (QED) is 0.380. The van der Waals surface area contributed by atoms with E-state index in [0.717, 1.165) is 0 Å². The lowest BCUT2D eigenvalue weighted by atomic mass is 9.76.